The topological polar surface area (TPSA) is 77.8 Å². The van der Waals surface area contributed by atoms with Crippen LogP contribution < -0.4 is 0 Å². The monoisotopic (exact) mass is 224 g/mol. The standard InChI is InChI=1S/C6H6O2.C6H10O2/c7-5-3-1-2-4-6(5)8;1-2-3-4-5-6(7)8/h1-4,7-8H;4-5H,2-3H2,1H3,(H,7,8). The number of carboxylic acid groups (broad SMARTS) is 1. The number of aliphatic carboxylic acids is 1. The van der Waals surface area contributed by atoms with E-state index >= 15 is 0 Å². The van der Waals surface area contributed by atoms with Crippen LogP contribution in [-0.4, -0.2) is 21.3 Å². The molecule has 0 saturated carbocycles. The van der Waals surface area contributed by atoms with Gasteiger partial charge in [-0.1, -0.05) is 31.6 Å². The van der Waals surface area contributed by atoms with Crippen LogP contribution in [0.5, 0.6) is 11.5 Å². The second kappa shape index (κ2) is 8.35. The van der Waals surface area contributed by atoms with Crippen LogP contribution >= 0.6 is 0 Å². The first-order valence-corrected chi connectivity index (χ1v) is 4.94. The molecule has 0 unspecified atom stereocenters. The maximum absolute atomic E-state index is 9.79. The largest absolute Gasteiger partial charge is 0.504 e. The van der Waals surface area contributed by atoms with Crippen molar-refractivity contribution in [2.75, 3.05) is 0 Å². The fraction of sp³-hybridized carbons (Fsp3) is 0.250. The highest BCUT2D eigenvalue weighted by Gasteiger charge is 1.90. The van der Waals surface area contributed by atoms with Gasteiger partial charge in [-0.3, -0.25) is 0 Å². The predicted octanol–water partition coefficient (Wildman–Crippen LogP) is 2.53. The Labute approximate surface area is 94.5 Å². The summed E-state index contributed by atoms with van der Waals surface area (Å²) in [6.45, 7) is 2.01. The molecule has 0 saturated heterocycles. The number of carboxylic acids is 1. The van der Waals surface area contributed by atoms with Crippen LogP contribution in [0.1, 0.15) is 19.8 Å². The summed E-state index contributed by atoms with van der Waals surface area (Å²) < 4.78 is 0. The highest BCUT2D eigenvalue weighted by molar-refractivity contribution is 5.79. The van der Waals surface area contributed by atoms with Gasteiger partial charge in [0.25, 0.3) is 0 Å². The van der Waals surface area contributed by atoms with Gasteiger partial charge in [-0.2, -0.15) is 0 Å². The van der Waals surface area contributed by atoms with Gasteiger partial charge >= 0.3 is 5.97 Å². The molecule has 0 aromatic heterocycles. The van der Waals surface area contributed by atoms with Crippen LogP contribution in [0.4, 0.5) is 0 Å². The lowest BCUT2D eigenvalue weighted by Gasteiger charge is -1.91. The summed E-state index contributed by atoms with van der Waals surface area (Å²) >= 11 is 0. The fourth-order valence-corrected chi connectivity index (χ4v) is 0.815. The first-order valence-electron chi connectivity index (χ1n) is 4.94. The number of rotatable bonds is 3. The van der Waals surface area contributed by atoms with Crippen molar-refractivity contribution in [2.24, 2.45) is 0 Å². The molecule has 0 radical (unpaired) electrons. The lowest BCUT2D eigenvalue weighted by molar-refractivity contribution is -0.131. The van der Waals surface area contributed by atoms with E-state index in [9.17, 15) is 4.79 Å². The van der Waals surface area contributed by atoms with Crippen molar-refractivity contribution < 1.29 is 20.1 Å². The van der Waals surface area contributed by atoms with Gasteiger partial charge in [-0.25, -0.2) is 4.79 Å². The van der Waals surface area contributed by atoms with Crippen LogP contribution in [0.2, 0.25) is 0 Å². The van der Waals surface area contributed by atoms with E-state index in [-0.39, 0.29) is 11.5 Å². The third kappa shape index (κ3) is 7.44. The van der Waals surface area contributed by atoms with E-state index in [1.165, 1.54) is 18.2 Å². The van der Waals surface area contributed by atoms with E-state index in [4.69, 9.17) is 15.3 Å². The first-order chi connectivity index (χ1) is 7.57. The molecule has 0 aliphatic heterocycles. The summed E-state index contributed by atoms with van der Waals surface area (Å²) in [6, 6.07) is 6.15. The van der Waals surface area contributed by atoms with Crippen LogP contribution in [-0.2, 0) is 4.79 Å². The van der Waals surface area contributed by atoms with Crippen molar-refractivity contribution in [3.05, 3.63) is 36.4 Å². The molecule has 4 heteroatoms. The number of phenols is 2. The molecule has 3 N–H and O–H groups in total. The molecule has 1 aromatic carbocycles. The molecule has 16 heavy (non-hydrogen) atoms. The lowest BCUT2D eigenvalue weighted by Crippen LogP contribution is -1.84. The van der Waals surface area contributed by atoms with E-state index in [0.717, 1.165) is 12.8 Å². The number of hydrogen-bond donors (Lipinski definition) is 3. The number of aromatic hydroxyl groups is 2. The van der Waals surface area contributed by atoms with Crippen molar-refractivity contribution in [1.29, 1.82) is 0 Å². The molecule has 1 aromatic rings. The van der Waals surface area contributed by atoms with Crippen LogP contribution in [0.3, 0.4) is 0 Å². The molecular formula is C12H16O4. The number of allylic oxidation sites excluding steroid dienone is 1. The summed E-state index contributed by atoms with van der Waals surface area (Å²) in [4.78, 5) is 9.79. The molecule has 1 rings (SSSR count). The Morgan fingerprint density at radius 1 is 1.25 bits per heavy atom. The van der Waals surface area contributed by atoms with Crippen LogP contribution in [0, 0.1) is 0 Å². The minimum atomic E-state index is -0.863. The molecule has 0 amide bonds. The van der Waals surface area contributed by atoms with Gasteiger partial charge in [0.15, 0.2) is 11.5 Å². The second-order valence-electron chi connectivity index (χ2n) is 3.02. The van der Waals surface area contributed by atoms with Gasteiger partial charge < -0.3 is 15.3 Å². The van der Waals surface area contributed by atoms with Gasteiger partial charge in [-0.15, -0.1) is 0 Å². The summed E-state index contributed by atoms with van der Waals surface area (Å²) in [5.41, 5.74) is 0. The number of para-hydroxylation sites is 2. The Bertz CT molecular complexity index is 324. The van der Waals surface area contributed by atoms with Gasteiger partial charge in [0.2, 0.25) is 0 Å². The quantitative estimate of drug-likeness (QED) is 0.544. The minimum absolute atomic E-state index is 0.0764. The molecule has 0 atom stereocenters. The summed E-state index contributed by atoms with van der Waals surface area (Å²) in [5.74, 6) is -1.02. The average Bonchev–Trinajstić information content (AvgIpc) is 2.23. The van der Waals surface area contributed by atoms with Gasteiger partial charge in [0.1, 0.15) is 0 Å². The highest BCUT2D eigenvalue weighted by atomic mass is 16.4. The van der Waals surface area contributed by atoms with Crippen molar-refractivity contribution >= 4 is 5.97 Å². The third-order valence-corrected chi connectivity index (χ3v) is 1.60. The van der Waals surface area contributed by atoms with Gasteiger partial charge in [0, 0.05) is 6.08 Å². The number of benzene rings is 1. The van der Waals surface area contributed by atoms with E-state index in [1.807, 2.05) is 6.92 Å². The Balaban J connectivity index is 0.000000281. The van der Waals surface area contributed by atoms with Crippen LogP contribution in [0.25, 0.3) is 0 Å². The molecule has 0 aliphatic carbocycles. The molecule has 0 fully saturated rings. The average molecular weight is 224 g/mol. The normalized spacial score (nSPS) is 9.56. The van der Waals surface area contributed by atoms with E-state index in [1.54, 1.807) is 18.2 Å². The van der Waals surface area contributed by atoms with Crippen molar-refractivity contribution in [3.63, 3.8) is 0 Å². The van der Waals surface area contributed by atoms with E-state index < -0.39 is 5.97 Å². The zero-order valence-electron chi connectivity index (χ0n) is 9.13. The molecule has 4 nitrogen and oxygen atoms in total. The SMILES string of the molecule is CCCC=CC(=O)O.Oc1ccccc1O. The minimum Gasteiger partial charge on any atom is -0.504 e. The number of phenolic OH excluding ortho intramolecular Hbond substituents is 2. The number of carbonyl (C=O) groups is 1. The predicted molar refractivity (Wildman–Crippen MR) is 61.5 cm³/mol. The lowest BCUT2D eigenvalue weighted by atomic mass is 10.3. The summed E-state index contributed by atoms with van der Waals surface area (Å²) in [6.07, 6.45) is 4.68. The highest BCUT2D eigenvalue weighted by Crippen LogP contribution is 2.21. The Morgan fingerprint density at radius 3 is 2.06 bits per heavy atom. The maximum atomic E-state index is 9.79. The molecular weight excluding hydrogens is 208 g/mol. The molecule has 0 spiro atoms. The second-order valence-corrected chi connectivity index (χ2v) is 3.02. The molecule has 0 heterocycles. The number of hydrogen-bond acceptors (Lipinski definition) is 3. The molecule has 0 aliphatic rings. The van der Waals surface area contributed by atoms with Gasteiger partial charge in [-0.05, 0) is 18.6 Å². The number of unbranched alkanes of at least 4 members (excludes halogenated alkanes) is 1. The van der Waals surface area contributed by atoms with E-state index in [2.05, 4.69) is 0 Å². The van der Waals surface area contributed by atoms with Crippen LogP contribution in [0.15, 0.2) is 36.4 Å². The summed E-state index contributed by atoms with van der Waals surface area (Å²) in [7, 11) is 0. The molecule has 0 bridgehead atoms. The zero-order valence-corrected chi connectivity index (χ0v) is 9.13. The Kier molecular flexibility index (Phi) is 7.32. The maximum Gasteiger partial charge on any atom is 0.327 e. The molecule has 88 valence electrons. The third-order valence-electron chi connectivity index (χ3n) is 1.60. The van der Waals surface area contributed by atoms with Gasteiger partial charge in [0.05, 0.1) is 0 Å². The summed E-state index contributed by atoms with van der Waals surface area (Å²) in [5, 5.41) is 25.4. The fourth-order valence-electron chi connectivity index (χ4n) is 0.815. The van der Waals surface area contributed by atoms with E-state index in [0.29, 0.717) is 0 Å². The smallest absolute Gasteiger partial charge is 0.327 e. The zero-order chi connectivity index (χ0) is 12.4. The van der Waals surface area contributed by atoms with Crippen molar-refractivity contribution in [1.82, 2.24) is 0 Å². The van der Waals surface area contributed by atoms with Crippen molar-refractivity contribution in [2.45, 2.75) is 19.8 Å². The first kappa shape index (κ1) is 14.0. The Hall–Kier alpha value is -1.97. The van der Waals surface area contributed by atoms with Crippen molar-refractivity contribution in [3.8, 4) is 11.5 Å². The Morgan fingerprint density at radius 2 is 1.75 bits per heavy atom.